The minimum absolute atomic E-state index is 0.257. The zero-order chi connectivity index (χ0) is 20.5. The van der Waals surface area contributed by atoms with Crippen molar-refractivity contribution in [2.75, 3.05) is 5.32 Å². The highest BCUT2D eigenvalue weighted by molar-refractivity contribution is 6.05. The highest BCUT2D eigenvalue weighted by atomic mass is 19.4. The van der Waals surface area contributed by atoms with Gasteiger partial charge in [-0.05, 0) is 30.3 Å². The van der Waals surface area contributed by atoms with E-state index < -0.39 is 40.8 Å². The zero-order valence-corrected chi connectivity index (χ0v) is 13.8. The van der Waals surface area contributed by atoms with Crippen LogP contribution < -0.4 is 5.32 Å². The Labute approximate surface area is 154 Å². The number of para-hydroxylation sites is 1. The molecule has 0 radical (unpaired) electrons. The lowest BCUT2D eigenvalue weighted by Gasteiger charge is -2.14. The molecule has 1 amide bonds. The molecule has 0 aliphatic carbocycles. The first-order valence-electron chi connectivity index (χ1n) is 7.76. The summed E-state index contributed by atoms with van der Waals surface area (Å²) >= 11 is 0. The maximum Gasteiger partial charge on any atom is 0.434 e. The maximum absolute atomic E-state index is 13.6. The molecule has 0 fully saturated rings. The summed E-state index contributed by atoms with van der Waals surface area (Å²) in [4.78, 5) is 12.3. The SMILES string of the molecule is O=C(Nc1ccccc1)c1cnn(-c2cccc(C(F)(F)F)c2)c1C(F)(F)F. The number of hydrogen-bond acceptors (Lipinski definition) is 2. The first kappa shape index (κ1) is 19.5. The minimum Gasteiger partial charge on any atom is -0.322 e. The Hall–Kier alpha value is -3.30. The van der Waals surface area contributed by atoms with Crippen LogP contribution in [-0.2, 0) is 12.4 Å². The first-order valence-corrected chi connectivity index (χ1v) is 7.76. The van der Waals surface area contributed by atoms with Crippen molar-refractivity contribution in [2.45, 2.75) is 12.4 Å². The van der Waals surface area contributed by atoms with Crippen molar-refractivity contribution < 1.29 is 31.1 Å². The standard InChI is InChI=1S/C18H11F6N3O/c19-17(20,21)11-5-4-8-13(9-11)27-15(18(22,23)24)14(10-25-27)16(28)26-12-6-2-1-3-7-12/h1-10H,(H,26,28). The number of hydrogen-bond donors (Lipinski definition) is 1. The number of halogens is 6. The number of amides is 1. The topological polar surface area (TPSA) is 46.9 Å². The fourth-order valence-corrected chi connectivity index (χ4v) is 2.52. The molecule has 4 nitrogen and oxygen atoms in total. The fourth-order valence-electron chi connectivity index (χ4n) is 2.52. The number of nitrogens with one attached hydrogen (secondary N) is 1. The molecular formula is C18H11F6N3O. The molecule has 0 saturated heterocycles. The van der Waals surface area contributed by atoms with E-state index in [9.17, 15) is 31.1 Å². The molecule has 28 heavy (non-hydrogen) atoms. The average molecular weight is 399 g/mol. The second-order valence-electron chi connectivity index (χ2n) is 5.68. The van der Waals surface area contributed by atoms with Crippen LogP contribution in [-0.4, -0.2) is 15.7 Å². The molecule has 146 valence electrons. The number of benzene rings is 2. The molecule has 0 atom stereocenters. The largest absolute Gasteiger partial charge is 0.434 e. The van der Waals surface area contributed by atoms with Crippen molar-refractivity contribution in [3.63, 3.8) is 0 Å². The van der Waals surface area contributed by atoms with Gasteiger partial charge in [-0.1, -0.05) is 24.3 Å². The molecular weight excluding hydrogens is 388 g/mol. The molecule has 1 aromatic heterocycles. The first-order chi connectivity index (χ1) is 13.1. The Balaban J connectivity index is 2.06. The lowest BCUT2D eigenvalue weighted by Crippen LogP contribution is -2.21. The number of carbonyl (C=O) groups excluding carboxylic acids is 1. The third kappa shape index (κ3) is 4.00. The van der Waals surface area contributed by atoms with Crippen molar-refractivity contribution in [3.8, 4) is 5.69 Å². The summed E-state index contributed by atoms with van der Waals surface area (Å²) in [5.41, 5.74) is -3.63. The maximum atomic E-state index is 13.6. The summed E-state index contributed by atoms with van der Waals surface area (Å²) in [7, 11) is 0. The lowest BCUT2D eigenvalue weighted by atomic mass is 10.1. The normalized spacial score (nSPS) is 12.1. The molecule has 0 saturated carbocycles. The smallest absolute Gasteiger partial charge is 0.322 e. The Kier molecular flexibility index (Phi) is 4.88. The van der Waals surface area contributed by atoms with E-state index >= 15 is 0 Å². The van der Waals surface area contributed by atoms with Gasteiger partial charge in [0.1, 0.15) is 0 Å². The molecule has 10 heteroatoms. The van der Waals surface area contributed by atoms with Gasteiger partial charge in [0, 0.05) is 5.69 Å². The van der Waals surface area contributed by atoms with Gasteiger partial charge >= 0.3 is 12.4 Å². The van der Waals surface area contributed by atoms with Crippen molar-refractivity contribution in [2.24, 2.45) is 0 Å². The number of nitrogens with zero attached hydrogens (tertiary/aromatic N) is 2. The summed E-state index contributed by atoms with van der Waals surface area (Å²) in [6.45, 7) is 0. The summed E-state index contributed by atoms with van der Waals surface area (Å²) < 4.78 is 79.7. The van der Waals surface area contributed by atoms with Crippen LogP contribution in [0.4, 0.5) is 32.0 Å². The van der Waals surface area contributed by atoms with E-state index in [-0.39, 0.29) is 10.4 Å². The number of aromatic nitrogens is 2. The van der Waals surface area contributed by atoms with Gasteiger partial charge in [0.15, 0.2) is 5.69 Å². The monoisotopic (exact) mass is 399 g/mol. The van der Waals surface area contributed by atoms with Crippen LogP contribution in [0.25, 0.3) is 5.69 Å². The van der Waals surface area contributed by atoms with E-state index in [0.717, 1.165) is 18.2 Å². The molecule has 0 bridgehead atoms. The molecule has 3 rings (SSSR count). The second-order valence-corrected chi connectivity index (χ2v) is 5.68. The molecule has 1 N–H and O–H groups in total. The molecule has 3 aromatic rings. The Bertz CT molecular complexity index is 993. The van der Waals surface area contributed by atoms with E-state index in [1.807, 2.05) is 0 Å². The highest BCUT2D eigenvalue weighted by Gasteiger charge is 2.41. The van der Waals surface area contributed by atoms with Gasteiger partial charge in [0.05, 0.1) is 23.0 Å². The summed E-state index contributed by atoms with van der Waals surface area (Å²) in [5, 5.41) is 5.81. The van der Waals surface area contributed by atoms with Gasteiger partial charge < -0.3 is 5.32 Å². The Morgan fingerprint density at radius 1 is 0.893 bits per heavy atom. The van der Waals surface area contributed by atoms with Crippen LogP contribution in [0, 0.1) is 0 Å². The van der Waals surface area contributed by atoms with Crippen LogP contribution in [0.2, 0.25) is 0 Å². The Morgan fingerprint density at radius 2 is 1.57 bits per heavy atom. The molecule has 0 aliphatic rings. The molecule has 0 unspecified atom stereocenters. The average Bonchev–Trinajstić information content (AvgIpc) is 3.08. The summed E-state index contributed by atoms with van der Waals surface area (Å²) in [5.74, 6) is -1.09. The fraction of sp³-hybridized carbons (Fsp3) is 0.111. The van der Waals surface area contributed by atoms with Gasteiger partial charge in [-0.2, -0.15) is 31.4 Å². The van der Waals surface area contributed by atoms with Gasteiger partial charge in [0.2, 0.25) is 0 Å². The number of carbonyl (C=O) groups is 1. The third-order valence-electron chi connectivity index (χ3n) is 3.73. The van der Waals surface area contributed by atoms with Crippen LogP contribution in [0.15, 0.2) is 60.8 Å². The molecule has 1 heterocycles. The third-order valence-corrected chi connectivity index (χ3v) is 3.73. The van der Waals surface area contributed by atoms with Crippen molar-refractivity contribution in [1.82, 2.24) is 9.78 Å². The van der Waals surface area contributed by atoms with E-state index in [1.165, 1.54) is 12.1 Å². The zero-order valence-electron chi connectivity index (χ0n) is 13.8. The minimum atomic E-state index is -5.03. The second kappa shape index (κ2) is 7.02. The van der Waals surface area contributed by atoms with Crippen LogP contribution >= 0.6 is 0 Å². The van der Waals surface area contributed by atoms with Crippen LogP contribution in [0.5, 0.6) is 0 Å². The summed E-state index contributed by atoms with van der Waals surface area (Å²) in [6.07, 6.45) is -9.11. The van der Waals surface area contributed by atoms with Crippen molar-refractivity contribution >= 4 is 11.6 Å². The molecule has 0 spiro atoms. The lowest BCUT2D eigenvalue weighted by molar-refractivity contribution is -0.143. The van der Waals surface area contributed by atoms with Gasteiger partial charge in [-0.15, -0.1) is 0 Å². The highest BCUT2D eigenvalue weighted by Crippen LogP contribution is 2.35. The molecule has 0 aliphatic heterocycles. The molecule has 2 aromatic carbocycles. The van der Waals surface area contributed by atoms with Crippen molar-refractivity contribution in [1.29, 1.82) is 0 Å². The number of alkyl halides is 6. The van der Waals surface area contributed by atoms with Gasteiger partial charge in [0.25, 0.3) is 5.91 Å². The number of rotatable bonds is 3. The van der Waals surface area contributed by atoms with Gasteiger partial charge in [-0.25, -0.2) is 4.68 Å². The van der Waals surface area contributed by atoms with Crippen LogP contribution in [0.3, 0.4) is 0 Å². The Morgan fingerprint density at radius 3 is 2.18 bits per heavy atom. The van der Waals surface area contributed by atoms with E-state index in [1.54, 1.807) is 18.2 Å². The van der Waals surface area contributed by atoms with Gasteiger partial charge in [-0.3, -0.25) is 4.79 Å². The van der Waals surface area contributed by atoms with Crippen LogP contribution in [0.1, 0.15) is 21.6 Å². The van der Waals surface area contributed by atoms with E-state index in [0.29, 0.717) is 12.3 Å². The number of anilines is 1. The predicted molar refractivity (Wildman–Crippen MR) is 88.0 cm³/mol. The summed E-state index contributed by atoms with van der Waals surface area (Å²) in [6, 6.07) is 11.0. The van der Waals surface area contributed by atoms with E-state index in [4.69, 9.17) is 0 Å². The predicted octanol–water partition coefficient (Wildman–Crippen LogP) is 5.16. The van der Waals surface area contributed by atoms with Crippen molar-refractivity contribution in [3.05, 3.63) is 77.6 Å². The van der Waals surface area contributed by atoms with E-state index in [2.05, 4.69) is 10.4 Å². The quantitative estimate of drug-likeness (QED) is 0.619.